The van der Waals surface area contributed by atoms with E-state index in [0.717, 1.165) is 5.92 Å². The molecule has 0 bridgehead atoms. The van der Waals surface area contributed by atoms with E-state index >= 15 is 0 Å². The zero-order valence-electron chi connectivity index (χ0n) is 9.82. The van der Waals surface area contributed by atoms with Gasteiger partial charge in [0, 0.05) is 4.88 Å². The molecule has 1 fully saturated rings. The van der Waals surface area contributed by atoms with Crippen LogP contribution >= 0.6 is 11.3 Å². The van der Waals surface area contributed by atoms with Gasteiger partial charge in [0.1, 0.15) is 0 Å². The van der Waals surface area contributed by atoms with E-state index in [4.69, 9.17) is 5.84 Å². The van der Waals surface area contributed by atoms with E-state index in [9.17, 15) is 0 Å². The molecule has 0 radical (unpaired) electrons. The van der Waals surface area contributed by atoms with Crippen LogP contribution in [0.4, 0.5) is 0 Å². The average molecular weight is 238 g/mol. The second-order valence-electron chi connectivity index (χ2n) is 4.83. The van der Waals surface area contributed by atoms with Gasteiger partial charge in [-0.2, -0.15) is 0 Å². The first-order valence-electron chi connectivity index (χ1n) is 6.39. The Morgan fingerprint density at radius 2 is 2.06 bits per heavy atom. The Bertz CT molecular complexity index is 276. The highest BCUT2D eigenvalue weighted by atomic mass is 32.1. The fraction of sp³-hybridized carbons (Fsp3) is 0.692. The fourth-order valence-electron chi connectivity index (χ4n) is 2.69. The summed E-state index contributed by atoms with van der Waals surface area (Å²) in [4.78, 5) is 1.38. The van der Waals surface area contributed by atoms with E-state index in [-0.39, 0.29) is 0 Å². The number of hydrazine groups is 1. The van der Waals surface area contributed by atoms with Crippen LogP contribution in [0.1, 0.15) is 55.9 Å². The number of hydrogen-bond donors (Lipinski definition) is 2. The van der Waals surface area contributed by atoms with Crippen LogP contribution in [0, 0.1) is 5.92 Å². The number of thiophene rings is 1. The molecule has 1 aromatic heterocycles. The minimum absolute atomic E-state index is 0.364. The molecule has 1 heterocycles. The van der Waals surface area contributed by atoms with Gasteiger partial charge in [-0.3, -0.25) is 11.3 Å². The van der Waals surface area contributed by atoms with Crippen molar-refractivity contribution >= 4 is 11.3 Å². The maximum atomic E-state index is 5.68. The third-order valence-corrected chi connectivity index (χ3v) is 4.62. The number of nitrogens with two attached hydrogens (primary N) is 1. The first-order chi connectivity index (χ1) is 7.90. The standard InChI is InChI=1S/C13H22N2S/c14-15-12(13-8-5-9-16-13)10-11-6-3-1-2-4-7-11/h5,8-9,11-12,15H,1-4,6-7,10,14H2. The summed E-state index contributed by atoms with van der Waals surface area (Å²) in [6, 6.07) is 4.66. The molecule has 0 aromatic carbocycles. The van der Waals surface area contributed by atoms with Crippen LogP contribution in [0.5, 0.6) is 0 Å². The van der Waals surface area contributed by atoms with Gasteiger partial charge in [0.2, 0.25) is 0 Å². The average Bonchev–Trinajstić information content (AvgIpc) is 2.71. The zero-order chi connectivity index (χ0) is 11.2. The van der Waals surface area contributed by atoms with E-state index in [1.54, 1.807) is 11.3 Å². The molecule has 1 aliphatic carbocycles. The smallest absolute Gasteiger partial charge is 0.0555 e. The Balaban J connectivity index is 1.90. The van der Waals surface area contributed by atoms with Gasteiger partial charge in [0.05, 0.1) is 6.04 Å². The summed E-state index contributed by atoms with van der Waals surface area (Å²) < 4.78 is 0. The number of rotatable bonds is 4. The molecule has 3 N–H and O–H groups in total. The van der Waals surface area contributed by atoms with Crippen LogP contribution in [0.25, 0.3) is 0 Å². The molecule has 1 unspecified atom stereocenters. The van der Waals surface area contributed by atoms with Crippen molar-refractivity contribution in [3.8, 4) is 0 Å². The van der Waals surface area contributed by atoms with Crippen molar-refractivity contribution in [1.82, 2.24) is 5.43 Å². The maximum Gasteiger partial charge on any atom is 0.0555 e. The van der Waals surface area contributed by atoms with E-state index in [1.807, 2.05) is 0 Å². The molecule has 2 rings (SSSR count). The molecule has 1 aliphatic rings. The Morgan fingerprint density at radius 1 is 1.31 bits per heavy atom. The van der Waals surface area contributed by atoms with Crippen molar-refractivity contribution in [3.63, 3.8) is 0 Å². The minimum Gasteiger partial charge on any atom is -0.271 e. The molecule has 0 spiro atoms. The van der Waals surface area contributed by atoms with Gasteiger partial charge < -0.3 is 0 Å². The molecule has 0 amide bonds. The molecular formula is C13H22N2S. The highest BCUT2D eigenvalue weighted by molar-refractivity contribution is 7.10. The summed E-state index contributed by atoms with van der Waals surface area (Å²) in [7, 11) is 0. The SMILES string of the molecule is NNC(CC1CCCCCC1)c1cccs1. The van der Waals surface area contributed by atoms with Crippen molar-refractivity contribution in [3.05, 3.63) is 22.4 Å². The van der Waals surface area contributed by atoms with Crippen molar-refractivity contribution in [2.75, 3.05) is 0 Å². The lowest BCUT2D eigenvalue weighted by Gasteiger charge is -2.21. The number of hydrogen-bond acceptors (Lipinski definition) is 3. The zero-order valence-corrected chi connectivity index (χ0v) is 10.6. The fourth-order valence-corrected chi connectivity index (χ4v) is 3.49. The molecule has 2 nitrogen and oxygen atoms in total. The molecule has 16 heavy (non-hydrogen) atoms. The lowest BCUT2D eigenvalue weighted by molar-refractivity contribution is 0.362. The van der Waals surface area contributed by atoms with E-state index < -0.39 is 0 Å². The first-order valence-corrected chi connectivity index (χ1v) is 7.27. The van der Waals surface area contributed by atoms with Gasteiger partial charge in [-0.1, -0.05) is 44.6 Å². The largest absolute Gasteiger partial charge is 0.271 e. The van der Waals surface area contributed by atoms with Crippen LogP contribution in [0.15, 0.2) is 17.5 Å². The molecule has 0 saturated heterocycles. The highest BCUT2D eigenvalue weighted by Gasteiger charge is 2.19. The number of nitrogens with one attached hydrogen (secondary N) is 1. The van der Waals surface area contributed by atoms with Crippen molar-refractivity contribution < 1.29 is 0 Å². The summed E-state index contributed by atoms with van der Waals surface area (Å²) in [5.74, 6) is 6.54. The predicted octanol–water partition coefficient (Wildman–Crippen LogP) is 3.61. The maximum absolute atomic E-state index is 5.68. The minimum atomic E-state index is 0.364. The Morgan fingerprint density at radius 3 is 2.62 bits per heavy atom. The van der Waals surface area contributed by atoms with Crippen molar-refractivity contribution in [1.29, 1.82) is 0 Å². The topological polar surface area (TPSA) is 38.0 Å². The summed E-state index contributed by atoms with van der Waals surface area (Å²) in [6.07, 6.45) is 9.66. The third-order valence-electron chi connectivity index (χ3n) is 3.63. The quantitative estimate of drug-likeness (QED) is 0.478. The second-order valence-corrected chi connectivity index (χ2v) is 5.81. The van der Waals surface area contributed by atoms with Crippen LogP contribution < -0.4 is 11.3 Å². The molecule has 0 aliphatic heterocycles. The van der Waals surface area contributed by atoms with Crippen molar-refractivity contribution in [2.45, 2.75) is 51.0 Å². The normalized spacial score (nSPS) is 20.6. The first kappa shape index (κ1) is 12.1. The predicted molar refractivity (Wildman–Crippen MR) is 70.2 cm³/mol. The molecule has 1 aromatic rings. The summed E-state index contributed by atoms with van der Waals surface area (Å²) in [5, 5.41) is 2.13. The molecular weight excluding hydrogens is 216 g/mol. The summed E-state index contributed by atoms with van der Waals surface area (Å²) >= 11 is 1.81. The van der Waals surface area contributed by atoms with Gasteiger partial charge in [0.15, 0.2) is 0 Å². The molecule has 1 atom stereocenters. The summed E-state index contributed by atoms with van der Waals surface area (Å²) in [6.45, 7) is 0. The van der Waals surface area contributed by atoms with Crippen LogP contribution in [0.2, 0.25) is 0 Å². The molecule has 3 heteroatoms. The Kier molecular flexibility index (Phi) is 4.82. The van der Waals surface area contributed by atoms with Crippen LogP contribution in [-0.4, -0.2) is 0 Å². The van der Waals surface area contributed by atoms with Gasteiger partial charge in [-0.25, -0.2) is 0 Å². The van der Waals surface area contributed by atoms with Crippen LogP contribution in [0.3, 0.4) is 0 Å². The van der Waals surface area contributed by atoms with Crippen molar-refractivity contribution in [2.24, 2.45) is 11.8 Å². The lowest BCUT2D eigenvalue weighted by Crippen LogP contribution is -2.29. The van der Waals surface area contributed by atoms with E-state index in [1.165, 1.54) is 49.8 Å². The molecule has 90 valence electrons. The van der Waals surface area contributed by atoms with Gasteiger partial charge in [0.25, 0.3) is 0 Å². The van der Waals surface area contributed by atoms with Gasteiger partial charge in [-0.05, 0) is 23.8 Å². The summed E-state index contributed by atoms with van der Waals surface area (Å²) in [5.41, 5.74) is 2.98. The lowest BCUT2D eigenvalue weighted by atomic mass is 9.92. The van der Waals surface area contributed by atoms with E-state index in [0.29, 0.717) is 6.04 Å². The monoisotopic (exact) mass is 238 g/mol. The Hall–Kier alpha value is -0.380. The highest BCUT2D eigenvalue weighted by Crippen LogP contribution is 2.32. The Labute approximate surface area is 102 Å². The van der Waals surface area contributed by atoms with E-state index in [2.05, 4.69) is 22.9 Å². The second kappa shape index (κ2) is 6.38. The van der Waals surface area contributed by atoms with Gasteiger partial charge >= 0.3 is 0 Å². The van der Waals surface area contributed by atoms with Crippen LogP contribution in [-0.2, 0) is 0 Å². The van der Waals surface area contributed by atoms with Gasteiger partial charge in [-0.15, -0.1) is 11.3 Å². The molecule has 1 saturated carbocycles. The third kappa shape index (κ3) is 3.30.